The van der Waals surface area contributed by atoms with Crippen LogP contribution in [0, 0.1) is 26.7 Å². The highest BCUT2D eigenvalue weighted by Crippen LogP contribution is 2.14. The van der Waals surface area contributed by atoms with Gasteiger partial charge in [-0.2, -0.15) is 0 Å². The molecule has 2 N–H and O–H groups in total. The summed E-state index contributed by atoms with van der Waals surface area (Å²) < 4.78 is 5.15. The molecule has 0 heterocycles. The summed E-state index contributed by atoms with van der Waals surface area (Å²) in [4.78, 5) is 37.1. The second kappa shape index (κ2) is 9.87. The fraction of sp³-hybridized carbons (Fsp3) is 0.348. The van der Waals surface area contributed by atoms with Crippen molar-refractivity contribution in [1.82, 2.24) is 5.32 Å². The van der Waals surface area contributed by atoms with Crippen LogP contribution in [-0.4, -0.2) is 30.4 Å². The van der Waals surface area contributed by atoms with Crippen molar-refractivity contribution >= 4 is 23.5 Å². The average Bonchev–Trinajstić information content (AvgIpc) is 2.67. The van der Waals surface area contributed by atoms with Gasteiger partial charge in [-0.15, -0.1) is 0 Å². The highest BCUT2D eigenvalue weighted by atomic mass is 16.5. The van der Waals surface area contributed by atoms with Gasteiger partial charge in [-0.05, 0) is 61.6 Å². The Kier molecular flexibility index (Phi) is 7.53. The van der Waals surface area contributed by atoms with E-state index in [2.05, 4.69) is 10.6 Å². The van der Waals surface area contributed by atoms with E-state index >= 15 is 0 Å². The zero-order valence-electron chi connectivity index (χ0n) is 17.5. The monoisotopic (exact) mass is 396 g/mol. The van der Waals surface area contributed by atoms with Gasteiger partial charge in [-0.1, -0.05) is 38.1 Å². The number of nitrogens with one attached hydrogen (secondary N) is 2. The summed E-state index contributed by atoms with van der Waals surface area (Å²) >= 11 is 0. The summed E-state index contributed by atoms with van der Waals surface area (Å²) in [6.07, 6.45) is 0. The topological polar surface area (TPSA) is 84.5 Å². The molecule has 0 aliphatic carbocycles. The Morgan fingerprint density at radius 1 is 0.931 bits per heavy atom. The number of benzene rings is 2. The van der Waals surface area contributed by atoms with Gasteiger partial charge in [0, 0.05) is 11.3 Å². The van der Waals surface area contributed by atoms with Crippen LogP contribution in [0.3, 0.4) is 0 Å². The van der Waals surface area contributed by atoms with Gasteiger partial charge in [0.05, 0.1) is 0 Å². The molecule has 0 bridgehead atoms. The lowest BCUT2D eigenvalue weighted by Gasteiger charge is -2.21. The highest BCUT2D eigenvalue weighted by Gasteiger charge is 2.27. The molecule has 2 amide bonds. The molecule has 2 aromatic rings. The lowest BCUT2D eigenvalue weighted by Crippen LogP contribution is -2.46. The van der Waals surface area contributed by atoms with Crippen molar-refractivity contribution < 1.29 is 19.1 Å². The number of hydrogen-bond acceptors (Lipinski definition) is 4. The quantitative estimate of drug-likeness (QED) is 0.701. The lowest BCUT2D eigenvalue weighted by atomic mass is 10.0. The molecule has 0 radical (unpaired) electrons. The van der Waals surface area contributed by atoms with E-state index in [0.717, 1.165) is 16.7 Å². The smallest absolute Gasteiger partial charge is 0.329 e. The van der Waals surface area contributed by atoms with E-state index in [9.17, 15) is 14.4 Å². The summed E-state index contributed by atoms with van der Waals surface area (Å²) in [7, 11) is 0. The number of anilines is 1. The zero-order valence-corrected chi connectivity index (χ0v) is 17.5. The minimum Gasteiger partial charge on any atom is -0.454 e. The summed E-state index contributed by atoms with van der Waals surface area (Å²) in [5.41, 5.74) is 4.13. The number of rotatable bonds is 7. The third-order valence-electron chi connectivity index (χ3n) is 4.73. The van der Waals surface area contributed by atoms with E-state index in [4.69, 9.17) is 4.74 Å². The third kappa shape index (κ3) is 6.17. The van der Waals surface area contributed by atoms with Gasteiger partial charge in [0.25, 0.3) is 11.8 Å². The van der Waals surface area contributed by atoms with E-state index in [1.165, 1.54) is 0 Å². The summed E-state index contributed by atoms with van der Waals surface area (Å²) in [5.74, 6) is -1.62. The molecule has 0 aromatic heterocycles. The molecule has 6 heteroatoms. The molecule has 154 valence electrons. The fourth-order valence-electron chi connectivity index (χ4n) is 2.79. The van der Waals surface area contributed by atoms with E-state index in [1.54, 1.807) is 32.0 Å². The second-order valence-corrected chi connectivity index (χ2v) is 7.46. The van der Waals surface area contributed by atoms with Crippen LogP contribution in [0.4, 0.5) is 5.69 Å². The predicted molar refractivity (Wildman–Crippen MR) is 113 cm³/mol. The molecule has 0 saturated heterocycles. The number of hydrogen-bond donors (Lipinski definition) is 2. The van der Waals surface area contributed by atoms with Gasteiger partial charge in [-0.25, -0.2) is 4.79 Å². The van der Waals surface area contributed by atoms with E-state index in [1.807, 2.05) is 45.0 Å². The summed E-state index contributed by atoms with van der Waals surface area (Å²) in [6, 6.07) is 11.8. The number of amides is 2. The molecule has 0 aliphatic heterocycles. The Balaban J connectivity index is 1.95. The molecule has 0 fully saturated rings. The minimum atomic E-state index is -0.850. The first-order valence-electron chi connectivity index (χ1n) is 9.59. The Morgan fingerprint density at radius 2 is 1.62 bits per heavy atom. The van der Waals surface area contributed by atoms with Crippen LogP contribution in [0.2, 0.25) is 0 Å². The normalized spacial score (nSPS) is 11.7. The van der Waals surface area contributed by atoms with Gasteiger partial charge in [0.15, 0.2) is 6.61 Å². The number of esters is 1. The van der Waals surface area contributed by atoms with Crippen molar-refractivity contribution in [2.24, 2.45) is 5.92 Å². The van der Waals surface area contributed by atoms with E-state index in [0.29, 0.717) is 11.3 Å². The first kappa shape index (κ1) is 22.1. The van der Waals surface area contributed by atoms with E-state index in [-0.39, 0.29) is 11.8 Å². The van der Waals surface area contributed by atoms with Crippen LogP contribution in [0.1, 0.15) is 40.9 Å². The molecule has 0 saturated carbocycles. The molecule has 0 unspecified atom stereocenters. The largest absolute Gasteiger partial charge is 0.454 e. The minimum absolute atomic E-state index is 0.196. The maximum atomic E-state index is 12.5. The van der Waals surface area contributed by atoms with Gasteiger partial charge in [0.1, 0.15) is 6.04 Å². The first-order chi connectivity index (χ1) is 13.7. The SMILES string of the molecule is Cc1ccc(NC(=O)COC(=O)[C@@H](NC(=O)c2ccccc2C)C(C)C)cc1C. The number of carbonyl (C=O) groups is 3. The van der Waals surface area contributed by atoms with Crippen LogP contribution < -0.4 is 10.6 Å². The molecule has 2 aromatic carbocycles. The molecule has 0 aliphatic rings. The van der Waals surface area contributed by atoms with Gasteiger partial charge < -0.3 is 15.4 Å². The first-order valence-corrected chi connectivity index (χ1v) is 9.59. The van der Waals surface area contributed by atoms with Crippen molar-refractivity contribution in [3.8, 4) is 0 Å². The lowest BCUT2D eigenvalue weighted by molar-refractivity contribution is -0.150. The average molecular weight is 396 g/mol. The van der Waals surface area contributed by atoms with Crippen LogP contribution in [0.5, 0.6) is 0 Å². The Bertz CT molecular complexity index is 906. The molecule has 1 atom stereocenters. The number of aryl methyl sites for hydroxylation is 3. The molecule has 2 rings (SSSR count). The van der Waals surface area contributed by atoms with Crippen molar-refractivity contribution in [3.05, 3.63) is 64.7 Å². The standard InChI is InChI=1S/C23H28N2O4/c1-14(2)21(25-22(27)19-9-7-6-8-16(19)4)23(28)29-13-20(26)24-18-11-10-15(3)17(5)12-18/h6-12,14,21H,13H2,1-5H3,(H,24,26)(H,25,27)/t21-/m0/s1. The fourth-order valence-corrected chi connectivity index (χ4v) is 2.79. The molecular weight excluding hydrogens is 368 g/mol. The van der Waals surface area contributed by atoms with Gasteiger partial charge >= 0.3 is 5.97 Å². The van der Waals surface area contributed by atoms with Crippen molar-refractivity contribution in [1.29, 1.82) is 0 Å². The zero-order chi connectivity index (χ0) is 21.6. The maximum absolute atomic E-state index is 12.5. The molecule has 0 spiro atoms. The van der Waals surface area contributed by atoms with E-state index < -0.39 is 24.5 Å². The summed E-state index contributed by atoms with van der Waals surface area (Å²) in [6.45, 7) is 8.96. The molecule has 6 nitrogen and oxygen atoms in total. The van der Waals surface area contributed by atoms with Crippen LogP contribution >= 0.6 is 0 Å². The maximum Gasteiger partial charge on any atom is 0.329 e. The summed E-state index contributed by atoms with van der Waals surface area (Å²) in [5, 5.41) is 5.42. The van der Waals surface area contributed by atoms with Gasteiger partial charge in [0.2, 0.25) is 0 Å². The van der Waals surface area contributed by atoms with Crippen molar-refractivity contribution in [3.63, 3.8) is 0 Å². The number of ether oxygens (including phenoxy) is 1. The Hall–Kier alpha value is -3.15. The molecular formula is C23H28N2O4. The predicted octanol–water partition coefficient (Wildman–Crippen LogP) is 3.55. The third-order valence-corrected chi connectivity index (χ3v) is 4.73. The van der Waals surface area contributed by atoms with Crippen LogP contribution in [0.25, 0.3) is 0 Å². The van der Waals surface area contributed by atoms with Crippen LogP contribution in [0.15, 0.2) is 42.5 Å². The molecule has 29 heavy (non-hydrogen) atoms. The van der Waals surface area contributed by atoms with Crippen LogP contribution in [-0.2, 0) is 14.3 Å². The van der Waals surface area contributed by atoms with Crippen molar-refractivity contribution in [2.45, 2.75) is 40.7 Å². The Labute approximate surface area is 171 Å². The van der Waals surface area contributed by atoms with Crippen molar-refractivity contribution in [2.75, 3.05) is 11.9 Å². The van der Waals surface area contributed by atoms with Gasteiger partial charge in [-0.3, -0.25) is 9.59 Å². The highest BCUT2D eigenvalue weighted by molar-refractivity contribution is 5.98. The number of carbonyl (C=O) groups excluding carboxylic acids is 3. The Morgan fingerprint density at radius 3 is 2.24 bits per heavy atom. The second-order valence-electron chi connectivity index (χ2n) is 7.46.